The van der Waals surface area contributed by atoms with Crippen molar-refractivity contribution in [2.24, 2.45) is 0 Å². The van der Waals surface area contributed by atoms with E-state index in [-0.39, 0.29) is 11.8 Å². The van der Waals surface area contributed by atoms with Crippen LogP contribution in [0.4, 0.5) is 15.0 Å². The van der Waals surface area contributed by atoms with E-state index in [1.807, 2.05) is 23.1 Å². The molecule has 0 aliphatic carbocycles. The molecule has 24 heavy (non-hydrogen) atoms. The van der Waals surface area contributed by atoms with Crippen molar-refractivity contribution in [3.8, 4) is 0 Å². The number of piperazine rings is 1. The fourth-order valence-electron chi connectivity index (χ4n) is 2.76. The van der Waals surface area contributed by atoms with Gasteiger partial charge in [0.2, 0.25) is 0 Å². The van der Waals surface area contributed by atoms with E-state index in [2.05, 4.69) is 15.2 Å². The van der Waals surface area contributed by atoms with Crippen LogP contribution in [0.2, 0.25) is 0 Å². The number of nitrogens with one attached hydrogen (secondary N) is 1. The van der Waals surface area contributed by atoms with Crippen molar-refractivity contribution in [1.82, 2.24) is 15.2 Å². The van der Waals surface area contributed by atoms with E-state index >= 15 is 0 Å². The summed E-state index contributed by atoms with van der Waals surface area (Å²) >= 11 is 0. The van der Waals surface area contributed by atoms with Gasteiger partial charge in [-0.15, -0.1) is 0 Å². The highest BCUT2D eigenvalue weighted by Crippen LogP contribution is 2.12. The summed E-state index contributed by atoms with van der Waals surface area (Å²) in [5.41, 5.74) is 1.01. The second-order valence-corrected chi connectivity index (χ2v) is 5.77. The Morgan fingerprint density at radius 2 is 1.83 bits per heavy atom. The number of carbonyl (C=O) groups is 1. The average Bonchev–Trinajstić information content (AvgIpc) is 2.64. The number of hydrogen-bond acceptors (Lipinski definition) is 3. The summed E-state index contributed by atoms with van der Waals surface area (Å²) in [6.45, 7) is 3.47. The van der Waals surface area contributed by atoms with Gasteiger partial charge < -0.3 is 15.1 Å². The Balaban J connectivity index is 1.41. The van der Waals surface area contributed by atoms with Gasteiger partial charge in [0.05, 0.1) is 0 Å². The van der Waals surface area contributed by atoms with Gasteiger partial charge in [0, 0.05) is 38.9 Å². The molecular weight excluding hydrogens is 307 g/mol. The Morgan fingerprint density at radius 1 is 1.08 bits per heavy atom. The Morgan fingerprint density at radius 3 is 2.50 bits per heavy atom. The maximum absolute atomic E-state index is 12.8. The molecule has 1 aliphatic rings. The number of rotatable bonds is 4. The molecule has 2 heterocycles. The quantitative estimate of drug-likeness (QED) is 0.937. The predicted molar refractivity (Wildman–Crippen MR) is 91.5 cm³/mol. The van der Waals surface area contributed by atoms with Crippen LogP contribution < -0.4 is 10.2 Å². The third-order valence-electron chi connectivity index (χ3n) is 4.14. The molecule has 1 aromatic heterocycles. The third-order valence-corrected chi connectivity index (χ3v) is 4.14. The van der Waals surface area contributed by atoms with Crippen LogP contribution >= 0.6 is 0 Å². The summed E-state index contributed by atoms with van der Waals surface area (Å²) in [7, 11) is 0. The minimum absolute atomic E-state index is 0.0437. The standard InChI is InChI=1S/C18H21FN4O/c19-16-6-4-15(5-7-16)8-10-21-18(24)23-13-11-22(12-14-23)17-3-1-2-9-20-17/h1-7,9H,8,10-14H2,(H,21,24). The second kappa shape index (κ2) is 7.77. The highest BCUT2D eigenvalue weighted by atomic mass is 19.1. The number of nitrogens with zero attached hydrogens (tertiary/aromatic N) is 3. The van der Waals surface area contributed by atoms with Gasteiger partial charge in [-0.05, 0) is 36.2 Å². The van der Waals surface area contributed by atoms with Gasteiger partial charge in [0.15, 0.2) is 0 Å². The normalized spacial score (nSPS) is 14.5. The molecule has 0 radical (unpaired) electrons. The lowest BCUT2D eigenvalue weighted by Gasteiger charge is -2.35. The SMILES string of the molecule is O=C(NCCc1ccc(F)cc1)N1CCN(c2ccccn2)CC1. The Labute approximate surface area is 141 Å². The molecule has 2 amide bonds. The molecule has 5 nitrogen and oxygen atoms in total. The zero-order valence-corrected chi connectivity index (χ0v) is 13.5. The molecule has 1 fully saturated rings. The Kier molecular flexibility index (Phi) is 5.25. The molecule has 1 aromatic carbocycles. The highest BCUT2D eigenvalue weighted by molar-refractivity contribution is 5.74. The largest absolute Gasteiger partial charge is 0.353 e. The van der Waals surface area contributed by atoms with E-state index in [0.29, 0.717) is 26.1 Å². The first-order valence-corrected chi connectivity index (χ1v) is 8.15. The number of pyridine rings is 1. The van der Waals surface area contributed by atoms with Crippen molar-refractivity contribution in [2.75, 3.05) is 37.6 Å². The first kappa shape index (κ1) is 16.2. The van der Waals surface area contributed by atoms with E-state index < -0.39 is 0 Å². The number of hydrogen-bond donors (Lipinski definition) is 1. The zero-order valence-electron chi connectivity index (χ0n) is 13.5. The van der Waals surface area contributed by atoms with Gasteiger partial charge in [-0.1, -0.05) is 18.2 Å². The molecular formula is C18H21FN4O. The van der Waals surface area contributed by atoms with Crippen LogP contribution in [0.3, 0.4) is 0 Å². The predicted octanol–water partition coefficient (Wildman–Crippen LogP) is 2.30. The maximum atomic E-state index is 12.8. The fourth-order valence-corrected chi connectivity index (χ4v) is 2.76. The van der Waals surface area contributed by atoms with Crippen LogP contribution in [0.15, 0.2) is 48.7 Å². The first-order valence-electron chi connectivity index (χ1n) is 8.15. The van der Waals surface area contributed by atoms with Gasteiger partial charge >= 0.3 is 6.03 Å². The lowest BCUT2D eigenvalue weighted by atomic mass is 10.1. The van der Waals surface area contributed by atoms with E-state index in [1.54, 1.807) is 18.3 Å². The smallest absolute Gasteiger partial charge is 0.317 e. The minimum Gasteiger partial charge on any atom is -0.353 e. The molecule has 3 rings (SSSR count). The van der Waals surface area contributed by atoms with Crippen LogP contribution in [0.5, 0.6) is 0 Å². The Bertz CT molecular complexity index is 654. The molecule has 6 heteroatoms. The monoisotopic (exact) mass is 328 g/mol. The highest BCUT2D eigenvalue weighted by Gasteiger charge is 2.21. The average molecular weight is 328 g/mol. The summed E-state index contributed by atoms with van der Waals surface area (Å²) in [5, 5.41) is 2.93. The van der Waals surface area contributed by atoms with Gasteiger partial charge in [-0.3, -0.25) is 0 Å². The molecule has 1 N–H and O–H groups in total. The van der Waals surface area contributed by atoms with Crippen molar-refractivity contribution in [3.63, 3.8) is 0 Å². The van der Waals surface area contributed by atoms with Crippen molar-refractivity contribution in [3.05, 3.63) is 60.0 Å². The Hall–Kier alpha value is -2.63. The number of aromatic nitrogens is 1. The topological polar surface area (TPSA) is 48.5 Å². The minimum atomic E-state index is -0.242. The number of halogens is 1. The second-order valence-electron chi connectivity index (χ2n) is 5.77. The van der Waals surface area contributed by atoms with Crippen LogP contribution in [0.25, 0.3) is 0 Å². The van der Waals surface area contributed by atoms with Crippen LogP contribution in [-0.2, 0) is 6.42 Å². The van der Waals surface area contributed by atoms with Crippen molar-refractivity contribution in [1.29, 1.82) is 0 Å². The van der Waals surface area contributed by atoms with Crippen molar-refractivity contribution in [2.45, 2.75) is 6.42 Å². The molecule has 0 saturated carbocycles. The van der Waals surface area contributed by atoms with Crippen molar-refractivity contribution < 1.29 is 9.18 Å². The molecule has 126 valence electrons. The lowest BCUT2D eigenvalue weighted by Crippen LogP contribution is -2.52. The van der Waals surface area contributed by atoms with Crippen molar-refractivity contribution >= 4 is 11.8 Å². The van der Waals surface area contributed by atoms with Crippen LogP contribution in [-0.4, -0.2) is 48.6 Å². The maximum Gasteiger partial charge on any atom is 0.317 e. The summed E-state index contributed by atoms with van der Waals surface area (Å²) in [4.78, 5) is 20.6. The molecule has 1 saturated heterocycles. The summed E-state index contributed by atoms with van der Waals surface area (Å²) in [5.74, 6) is 0.711. The number of amides is 2. The summed E-state index contributed by atoms with van der Waals surface area (Å²) < 4.78 is 12.8. The van der Waals surface area contributed by atoms with Gasteiger partial charge in [0.1, 0.15) is 11.6 Å². The zero-order chi connectivity index (χ0) is 16.8. The molecule has 2 aromatic rings. The lowest BCUT2D eigenvalue weighted by molar-refractivity contribution is 0.194. The van der Waals surface area contributed by atoms with E-state index in [1.165, 1.54) is 12.1 Å². The number of carbonyl (C=O) groups excluding carboxylic acids is 1. The molecule has 0 unspecified atom stereocenters. The van der Waals surface area contributed by atoms with Crippen LogP contribution in [0, 0.1) is 5.82 Å². The molecule has 0 bridgehead atoms. The van der Waals surface area contributed by atoms with Gasteiger partial charge in [-0.2, -0.15) is 0 Å². The van der Waals surface area contributed by atoms with E-state index in [4.69, 9.17) is 0 Å². The van der Waals surface area contributed by atoms with E-state index in [9.17, 15) is 9.18 Å². The van der Waals surface area contributed by atoms with Gasteiger partial charge in [-0.25, -0.2) is 14.2 Å². The number of benzene rings is 1. The first-order chi connectivity index (χ1) is 11.7. The number of anilines is 1. The number of urea groups is 1. The summed E-state index contributed by atoms with van der Waals surface area (Å²) in [6, 6.07) is 12.2. The third kappa shape index (κ3) is 4.22. The van der Waals surface area contributed by atoms with E-state index in [0.717, 1.165) is 24.5 Å². The molecule has 1 aliphatic heterocycles. The molecule has 0 atom stereocenters. The van der Waals surface area contributed by atoms with Crippen LogP contribution in [0.1, 0.15) is 5.56 Å². The van der Waals surface area contributed by atoms with Gasteiger partial charge in [0.25, 0.3) is 0 Å². The molecule has 0 spiro atoms. The summed E-state index contributed by atoms with van der Waals surface area (Å²) in [6.07, 6.45) is 2.48. The fraction of sp³-hybridized carbons (Fsp3) is 0.333.